The minimum absolute atomic E-state index is 0.467. The lowest BCUT2D eigenvalue weighted by Gasteiger charge is -2.46. The van der Waals surface area contributed by atoms with Crippen LogP contribution in [0.5, 0.6) is 0 Å². The molecule has 4 N–H and O–H groups in total. The van der Waals surface area contributed by atoms with Crippen molar-refractivity contribution in [2.24, 2.45) is 5.41 Å². The van der Waals surface area contributed by atoms with Crippen LogP contribution >= 0.6 is 0 Å². The zero-order chi connectivity index (χ0) is 28.8. The predicted molar refractivity (Wildman–Crippen MR) is 161 cm³/mol. The first-order valence-corrected chi connectivity index (χ1v) is 14.6. The van der Waals surface area contributed by atoms with E-state index in [4.69, 9.17) is 0 Å². The molecule has 2 aliphatic rings. The summed E-state index contributed by atoms with van der Waals surface area (Å²) in [6, 6.07) is 26.3. The summed E-state index contributed by atoms with van der Waals surface area (Å²) < 4.78 is 0. The van der Waals surface area contributed by atoms with E-state index < -0.39 is 40.5 Å². The van der Waals surface area contributed by atoms with E-state index in [1.165, 1.54) is 0 Å². The number of fused-ring (bicyclic) bond motifs is 2. The van der Waals surface area contributed by atoms with Crippen molar-refractivity contribution in [2.45, 2.75) is 75.7 Å². The Balaban J connectivity index is 1.30. The van der Waals surface area contributed by atoms with Gasteiger partial charge < -0.3 is 20.8 Å². The molecular weight excluding hydrogens is 512 g/mol. The molecule has 2 fully saturated rings. The van der Waals surface area contributed by atoms with E-state index in [2.05, 4.69) is 10.6 Å². The first kappa shape index (κ1) is 27.4. The van der Waals surface area contributed by atoms with Gasteiger partial charge in [-0.1, -0.05) is 84.9 Å². The number of hydrogen-bond donors (Lipinski definition) is 4. The number of rotatable bonds is 8. The average molecular weight is 551 g/mol. The van der Waals surface area contributed by atoms with Gasteiger partial charge in [0, 0.05) is 0 Å². The maximum absolute atomic E-state index is 13.9. The van der Waals surface area contributed by atoms with Gasteiger partial charge >= 0.3 is 0 Å². The van der Waals surface area contributed by atoms with Gasteiger partial charge in [-0.25, -0.2) is 0 Å². The number of nitrogens with one attached hydrogen (secondary N) is 2. The van der Waals surface area contributed by atoms with Gasteiger partial charge in [0.1, 0.15) is 5.41 Å². The molecule has 212 valence electrons. The average Bonchev–Trinajstić information content (AvgIpc) is 2.95. The molecule has 6 rings (SSSR count). The molecule has 0 aliphatic heterocycles. The van der Waals surface area contributed by atoms with E-state index in [1.807, 2.05) is 84.9 Å². The molecule has 6 nitrogen and oxygen atoms in total. The molecule has 0 unspecified atom stereocenters. The van der Waals surface area contributed by atoms with Crippen molar-refractivity contribution in [3.05, 3.63) is 96.1 Å². The molecule has 6 heteroatoms. The molecule has 0 aromatic heterocycles. The number of aliphatic hydroxyl groups is 2. The molecule has 2 aliphatic carbocycles. The Bertz CT molecular complexity index is 1490. The van der Waals surface area contributed by atoms with E-state index in [0.717, 1.165) is 45.5 Å². The third-order valence-electron chi connectivity index (χ3n) is 9.47. The van der Waals surface area contributed by atoms with Gasteiger partial charge in [0.15, 0.2) is 0 Å². The quantitative estimate of drug-likeness (QED) is 0.207. The smallest absolute Gasteiger partial charge is 0.235 e. The molecule has 2 atom stereocenters. The molecule has 2 saturated carbocycles. The van der Waals surface area contributed by atoms with Crippen molar-refractivity contribution < 1.29 is 19.8 Å². The predicted octanol–water partition coefficient (Wildman–Crippen LogP) is 5.86. The van der Waals surface area contributed by atoms with Crippen molar-refractivity contribution in [2.75, 3.05) is 0 Å². The van der Waals surface area contributed by atoms with Crippen LogP contribution in [0.1, 0.15) is 75.6 Å². The lowest BCUT2D eigenvalue weighted by molar-refractivity contribution is -0.147. The fraction of sp³-hybridized carbons (Fsp3) is 0.371. The second-order valence-electron chi connectivity index (χ2n) is 12.5. The Morgan fingerprint density at radius 3 is 1.37 bits per heavy atom. The van der Waals surface area contributed by atoms with Crippen molar-refractivity contribution >= 4 is 33.4 Å². The van der Waals surface area contributed by atoms with Crippen LogP contribution < -0.4 is 10.6 Å². The maximum Gasteiger partial charge on any atom is 0.235 e. The Kier molecular flexibility index (Phi) is 6.87. The first-order chi connectivity index (χ1) is 19.6. The topological polar surface area (TPSA) is 98.7 Å². The maximum atomic E-state index is 13.9. The number of carbonyl (C=O) groups excluding carboxylic acids is 2. The van der Waals surface area contributed by atoms with Crippen LogP contribution in [-0.2, 0) is 9.59 Å². The van der Waals surface area contributed by atoms with E-state index in [0.29, 0.717) is 25.7 Å². The summed E-state index contributed by atoms with van der Waals surface area (Å²) in [5, 5.41) is 33.2. The fourth-order valence-electron chi connectivity index (χ4n) is 6.39. The van der Waals surface area contributed by atoms with Crippen molar-refractivity contribution in [1.29, 1.82) is 0 Å². The van der Waals surface area contributed by atoms with Gasteiger partial charge in [-0.2, -0.15) is 0 Å². The minimum atomic E-state index is -1.47. The summed E-state index contributed by atoms with van der Waals surface area (Å²) in [7, 11) is 0. The molecule has 41 heavy (non-hydrogen) atoms. The lowest BCUT2D eigenvalue weighted by Crippen LogP contribution is -2.57. The highest BCUT2D eigenvalue weighted by Gasteiger charge is 2.49. The Morgan fingerprint density at radius 1 is 0.634 bits per heavy atom. The Labute approximate surface area is 240 Å². The van der Waals surface area contributed by atoms with E-state index in [9.17, 15) is 19.8 Å². The van der Waals surface area contributed by atoms with E-state index >= 15 is 0 Å². The molecule has 2 amide bonds. The largest absolute Gasteiger partial charge is 0.387 e. The van der Waals surface area contributed by atoms with Crippen molar-refractivity contribution in [3.63, 3.8) is 0 Å². The minimum Gasteiger partial charge on any atom is -0.387 e. The van der Waals surface area contributed by atoms with Gasteiger partial charge in [0.05, 0.1) is 23.3 Å². The van der Waals surface area contributed by atoms with Crippen LogP contribution in [0.2, 0.25) is 0 Å². The summed E-state index contributed by atoms with van der Waals surface area (Å²) >= 11 is 0. The molecule has 0 saturated heterocycles. The highest BCUT2D eigenvalue weighted by molar-refractivity contribution is 6.05. The number of hydrogen-bond acceptors (Lipinski definition) is 4. The van der Waals surface area contributed by atoms with Crippen LogP contribution in [0.25, 0.3) is 21.5 Å². The van der Waals surface area contributed by atoms with Crippen molar-refractivity contribution in [3.8, 4) is 0 Å². The lowest BCUT2D eigenvalue weighted by atomic mass is 9.71. The third kappa shape index (κ3) is 4.79. The summed E-state index contributed by atoms with van der Waals surface area (Å²) in [6.45, 7) is 3.21. The number of carbonyl (C=O) groups is 2. The van der Waals surface area contributed by atoms with Crippen LogP contribution in [0, 0.1) is 5.41 Å². The van der Waals surface area contributed by atoms with E-state index in [1.54, 1.807) is 13.8 Å². The summed E-state index contributed by atoms with van der Waals surface area (Å²) in [6.07, 6.45) is 4.05. The summed E-state index contributed by atoms with van der Waals surface area (Å²) in [5.74, 6) is -0.934. The van der Waals surface area contributed by atoms with Crippen LogP contribution in [0.3, 0.4) is 0 Å². The SMILES string of the molecule is CC(C)(C(=O)N[C@@H](c1cccc2ccccc12)C1(O)CCC1)C(=O)N[C@@H](c1cccc2ccccc12)C1(O)CCC1. The number of amides is 2. The second kappa shape index (κ2) is 10.3. The van der Waals surface area contributed by atoms with Gasteiger partial charge in [-0.15, -0.1) is 0 Å². The second-order valence-corrected chi connectivity index (χ2v) is 12.5. The highest BCUT2D eigenvalue weighted by Crippen LogP contribution is 2.46. The Hall–Kier alpha value is -3.74. The molecular formula is C35H38N2O4. The zero-order valence-corrected chi connectivity index (χ0v) is 23.7. The fourth-order valence-corrected chi connectivity index (χ4v) is 6.39. The van der Waals surface area contributed by atoms with Gasteiger partial charge in [-0.3, -0.25) is 9.59 Å². The van der Waals surface area contributed by atoms with Gasteiger partial charge in [-0.05, 0) is 85.0 Å². The summed E-state index contributed by atoms with van der Waals surface area (Å²) in [4.78, 5) is 27.9. The Morgan fingerprint density at radius 2 is 1.00 bits per heavy atom. The third-order valence-corrected chi connectivity index (χ3v) is 9.47. The molecule has 4 aromatic carbocycles. The monoisotopic (exact) mass is 550 g/mol. The van der Waals surface area contributed by atoms with Gasteiger partial charge in [0.2, 0.25) is 11.8 Å². The van der Waals surface area contributed by atoms with Crippen LogP contribution in [0.4, 0.5) is 0 Å². The highest BCUT2D eigenvalue weighted by atomic mass is 16.3. The molecule has 0 heterocycles. The molecule has 0 radical (unpaired) electrons. The van der Waals surface area contributed by atoms with Crippen LogP contribution in [-0.4, -0.2) is 33.2 Å². The standard InChI is InChI=1S/C35H38N2O4/c1-33(2,31(38)36-29(34(40)19-9-20-34)27-17-7-13-23-11-3-5-15-25(23)27)32(39)37-30(35(41)21-10-22-35)28-18-8-14-24-12-4-6-16-26(24)28/h3-8,11-18,29-30,40-41H,9-10,19-22H2,1-2H3,(H,36,38)(H,37,39)/t29-,30-/m0/s1. The molecule has 0 bridgehead atoms. The van der Waals surface area contributed by atoms with E-state index in [-0.39, 0.29) is 0 Å². The normalized spacial score (nSPS) is 19.0. The summed E-state index contributed by atoms with van der Waals surface area (Å²) in [5.41, 5.74) is -1.96. The zero-order valence-electron chi connectivity index (χ0n) is 23.7. The number of benzene rings is 4. The van der Waals surface area contributed by atoms with Gasteiger partial charge in [0.25, 0.3) is 0 Å². The molecule has 0 spiro atoms. The molecule has 4 aromatic rings. The van der Waals surface area contributed by atoms with Crippen molar-refractivity contribution in [1.82, 2.24) is 10.6 Å². The first-order valence-electron chi connectivity index (χ1n) is 14.6. The van der Waals surface area contributed by atoms with Crippen LogP contribution in [0.15, 0.2) is 84.9 Å².